The van der Waals surface area contributed by atoms with Gasteiger partial charge in [-0.25, -0.2) is 8.78 Å². The van der Waals surface area contributed by atoms with Gasteiger partial charge in [-0.1, -0.05) is 24.3 Å². The van der Waals surface area contributed by atoms with Crippen LogP contribution in [0, 0.1) is 11.6 Å². The molecule has 13 nitrogen and oxygen atoms in total. The molecule has 0 saturated heterocycles. The van der Waals surface area contributed by atoms with Crippen molar-refractivity contribution in [1.29, 1.82) is 0 Å². The molecule has 0 aliphatic heterocycles. The zero-order chi connectivity index (χ0) is 35.8. The lowest BCUT2D eigenvalue weighted by atomic mass is 10.1. The second-order valence-electron chi connectivity index (χ2n) is 10.9. The molecule has 0 aliphatic carbocycles. The molecule has 1 heterocycles. The summed E-state index contributed by atoms with van der Waals surface area (Å²) < 4.78 is 37.8. The number of phenols is 1. The van der Waals surface area contributed by atoms with Crippen molar-refractivity contribution in [2.24, 2.45) is 0 Å². The molecule has 0 bridgehead atoms. The second kappa shape index (κ2) is 18.5. The van der Waals surface area contributed by atoms with E-state index in [4.69, 9.17) is 9.47 Å². The first kappa shape index (κ1) is 36.1. The zero-order valence-corrected chi connectivity index (χ0v) is 27.4. The van der Waals surface area contributed by atoms with E-state index in [1.54, 1.807) is 60.7 Å². The van der Waals surface area contributed by atoms with Gasteiger partial charge in [0.15, 0.2) is 11.6 Å². The van der Waals surface area contributed by atoms with Crippen molar-refractivity contribution in [3.05, 3.63) is 125 Å². The Hall–Kier alpha value is -6.19. The molecule has 0 saturated carbocycles. The number of halogens is 2. The average molecular weight is 699 g/mol. The van der Waals surface area contributed by atoms with E-state index in [9.17, 15) is 23.5 Å². The number of carbonyl (C=O) groups excluding carboxylic acids is 2. The normalized spacial score (nSPS) is 10.7. The Bertz CT molecular complexity index is 1880. The Morgan fingerprint density at radius 1 is 0.608 bits per heavy atom. The smallest absolute Gasteiger partial charge is 0.251 e. The van der Waals surface area contributed by atoms with Gasteiger partial charge in [-0.05, 0) is 78.4 Å². The van der Waals surface area contributed by atoms with Crippen LogP contribution in [0.25, 0.3) is 0 Å². The quantitative estimate of drug-likeness (QED) is 0.0528. The van der Waals surface area contributed by atoms with Crippen LogP contribution in [0.3, 0.4) is 0 Å². The molecule has 0 unspecified atom stereocenters. The van der Waals surface area contributed by atoms with Gasteiger partial charge in [0.05, 0.1) is 26.4 Å². The topological polar surface area (TPSA) is 172 Å². The van der Waals surface area contributed by atoms with Gasteiger partial charge in [-0.3, -0.25) is 9.59 Å². The number of aromatic hydroxyl groups is 1. The molecule has 264 valence electrons. The van der Waals surface area contributed by atoms with Crippen LogP contribution in [0.1, 0.15) is 26.3 Å². The highest BCUT2D eigenvalue weighted by Crippen LogP contribution is 2.21. The summed E-state index contributed by atoms with van der Waals surface area (Å²) in [6.45, 7) is 2.19. The summed E-state index contributed by atoms with van der Waals surface area (Å²) in [6, 6.07) is 25.3. The van der Waals surface area contributed by atoms with Crippen LogP contribution in [0.5, 0.6) is 5.75 Å². The number of nitrogens with zero attached hydrogens (tertiary/aromatic N) is 3. The molecule has 5 rings (SSSR count). The minimum absolute atomic E-state index is 0.0305. The Morgan fingerprint density at radius 3 is 1.82 bits per heavy atom. The molecule has 0 aliphatic rings. The zero-order valence-electron chi connectivity index (χ0n) is 27.4. The van der Waals surface area contributed by atoms with Crippen LogP contribution in [0.15, 0.2) is 97.1 Å². The minimum Gasteiger partial charge on any atom is -0.508 e. The van der Waals surface area contributed by atoms with Gasteiger partial charge in [-0.15, -0.1) is 0 Å². The van der Waals surface area contributed by atoms with Gasteiger partial charge in [0.2, 0.25) is 17.8 Å². The number of carbonyl (C=O) groups is 2. The lowest BCUT2D eigenvalue weighted by Crippen LogP contribution is -2.27. The molecule has 0 fully saturated rings. The van der Waals surface area contributed by atoms with Gasteiger partial charge in [0, 0.05) is 42.1 Å². The number of aromatic nitrogens is 3. The highest BCUT2D eigenvalue weighted by atomic mass is 19.2. The van der Waals surface area contributed by atoms with Crippen molar-refractivity contribution in [1.82, 2.24) is 25.6 Å². The largest absolute Gasteiger partial charge is 0.508 e. The van der Waals surface area contributed by atoms with Crippen LogP contribution < -0.4 is 26.6 Å². The first-order chi connectivity index (χ1) is 24.8. The van der Waals surface area contributed by atoms with E-state index in [0.29, 0.717) is 67.6 Å². The Balaban J connectivity index is 1.09. The molecule has 6 N–H and O–H groups in total. The molecule has 0 spiro atoms. The first-order valence-corrected chi connectivity index (χ1v) is 16.0. The predicted octanol–water partition coefficient (Wildman–Crippen LogP) is 5.15. The third-order valence-corrected chi connectivity index (χ3v) is 7.07. The highest BCUT2D eigenvalue weighted by Gasteiger charge is 2.11. The standard InChI is InChI=1S/C36H36F2N8O5/c37-30-15-6-24(22-31(30)38)23-41-33(49)26-7-9-27(10-8-26)42-35-44-34(45-36(46-35)43-28-11-13-29(47)14-12-28)40-17-19-51-21-20-50-18-16-39-32(48)25-4-2-1-3-5-25/h1-15,22,47H,16-21,23H2,(H,39,48)(H,41,49)(H3,40,42,43,44,45,46). The number of ether oxygens (including phenoxy) is 2. The van der Waals surface area contributed by atoms with Crippen molar-refractivity contribution < 1.29 is 33.0 Å². The maximum absolute atomic E-state index is 13.5. The number of hydrogen-bond donors (Lipinski definition) is 6. The number of amides is 2. The number of benzene rings is 4. The number of phenolic OH excluding ortho intramolecular Hbond substituents is 1. The van der Waals surface area contributed by atoms with Crippen LogP contribution in [-0.4, -0.2) is 71.4 Å². The maximum atomic E-state index is 13.5. The van der Waals surface area contributed by atoms with Gasteiger partial charge in [0.25, 0.3) is 11.8 Å². The maximum Gasteiger partial charge on any atom is 0.251 e. The highest BCUT2D eigenvalue weighted by molar-refractivity contribution is 5.94. The van der Waals surface area contributed by atoms with E-state index < -0.39 is 11.6 Å². The minimum atomic E-state index is -0.982. The third-order valence-electron chi connectivity index (χ3n) is 7.07. The van der Waals surface area contributed by atoms with Crippen LogP contribution in [0.2, 0.25) is 0 Å². The molecular formula is C36H36F2N8O5. The molecule has 15 heteroatoms. The second-order valence-corrected chi connectivity index (χ2v) is 10.9. The third kappa shape index (κ3) is 11.7. The summed E-state index contributed by atoms with van der Waals surface area (Å²) in [5.74, 6) is -1.67. The molecule has 0 radical (unpaired) electrons. The van der Waals surface area contributed by atoms with E-state index >= 15 is 0 Å². The summed E-state index contributed by atoms with van der Waals surface area (Å²) in [7, 11) is 0. The summed E-state index contributed by atoms with van der Waals surface area (Å²) in [6.07, 6.45) is 0. The van der Waals surface area contributed by atoms with Crippen molar-refractivity contribution in [2.45, 2.75) is 6.54 Å². The molecule has 51 heavy (non-hydrogen) atoms. The van der Waals surface area contributed by atoms with E-state index in [1.807, 2.05) is 6.07 Å². The first-order valence-electron chi connectivity index (χ1n) is 16.0. The van der Waals surface area contributed by atoms with E-state index in [-0.39, 0.29) is 42.0 Å². The number of anilines is 5. The van der Waals surface area contributed by atoms with Gasteiger partial charge in [0.1, 0.15) is 5.75 Å². The fourth-order valence-corrected chi connectivity index (χ4v) is 4.49. The lowest BCUT2D eigenvalue weighted by molar-refractivity contribution is 0.0519. The fraction of sp³-hybridized carbons (Fsp3) is 0.194. The molecule has 2 amide bonds. The summed E-state index contributed by atoms with van der Waals surface area (Å²) in [4.78, 5) is 38.0. The van der Waals surface area contributed by atoms with Gasteiger partial charge in [-0.2, -0.15) is 15.0 Å². The molecule has 4 aromatic carbocycles. The monoisotopic (exact) mass is 698 g/mol. The van der Waals surface area contributed by atoms with E-state index in [2.05, 4.69) is 41.5 Å². The Morgan fingerprint density at radius 2 is 1.18 bits per heavy atom. The number of hydrogen-bond acceptors (Lipinski definition) is 11. The Labute approximate surface area is 292 Å². The van der Waals surface area contributed by atoms with E-state index in [1.165, 1.54) is 18.2 Å². The average Bonchev–Trinajstić information content (AvgIpc) is 3.14. The summed E-state index contributed by atoms with van der Waals surface area (Å²) in [5.41, 5.74) is 2.60. The molecule has 1 aromatic heterocycles. The van der Waals surface area contributed by atoms with E-state index in [0.717, 1.165) is 12.1 Å². The van der Waals surface area contributed by atoms with Gasteiger partial charge >= 0.3 is 0 Å². The van der Waals surface area contributed by atoms with Crippen molar-refractivity contribution >= 4 is 41.0 Å². The predicted molar refractivity (Wildman–Crippen MR) is 187 cm³/mol. The molecular weight excluding hydrogens is 662 g/mol. The summed E-state index contributed by atoms with van der Waals surface area (Å²) >= 11 is 0. The SMILES string of the molecule is O=C(NCCOCCOCCNc1nc(Nc2ccc(O)cc2)nc(Nc2ccc(C(=O)NCc3ccc(F)c(F)c3)cc2)n1)c1ccccc1. The van der Waals surface area contributed by atoms with Crippen LogP contribution in [0.4, 0.5) is 38.0 Å². The van der Waals surface area contributed by atoms with Gasteiger partial charge < -0.3 is 41.2 Å². The number of rotatable bonds is 18. The molecule has 0 atom stereocenters. The fourth-order valence-electron chi connectivity index (χ4n) is 4.49. The van der Waals surface area contributed by atoms with Crippen molar-refractivity contribution in [3.63, 3.8) is 0 Å². The molecule has 5 aromatic rings. The Kier molecular flexibility index (Phi) is 13.1. The van der Waals surface area contributed by atoms with Crippen LogP contribution in [-0.2, 0) is 16.0 Å². The summed E-state index contributed by atoms with van der Waals surface area (Å²) in [5, 5.41) is 24.4. The van der Waals surface area contributed by atoms with Crippen LogP contribution >= 0.6 is 0 Å². The van der Waals surface area contributed by atoms with Crippen molar-refractivity contribution in [2.75, 3.05) is 55.5 Å². The lowest BCUT2D eigenvalue weighted by Gasteiger charge is -2.12. The number of nitrogens with one attached hydrogen (secondary N) is 5. The van der Waals surface area contributed by atoms with Crippen molar-refractivity contribution in [3.8, 4) is 5.75 Å².